The van der Waals surface area contributed by atoms with E-state index in [9.17, 15) is 4.39 Å². The van der Waals surface area contributed by atoms with E-state index in [-0.39, 0.29) is 18.0 Å². The molecule has 2 atom stereocenters. The molecule has 2 heterocycles. The summed E-state index contributed by atoms with van der Waals surface area (Å²) in [4.78, 5) is 6.07. The van der Waals surface area contributed by atoms with Crippen LogP contribution in [0.1, 0.15) is 12.5 Å². The first-order valence-corrected chi connectivity index (χ1v) is 5.84. The Balaban J connectivity index is 1.98. The monoisotopic (exact) mass is 239 g/mol. The number of morpholine rings is 1. The third kappa shape index (κ3) is 3.46. The van der Waals surface area contributed by atoms with E-state index in [1.54, 1.807) is 6.20 Å². The summed E-state index contributed by atoms with van der Waals surface area (Å²) in [5.41, 5.74) is 6.51. The zero-order chi connectivity index (χ0) is 12.3. The van der Waals surface area contributed by atoms with E-state index in [2.05, 4.69) is 9.88 Å². The lowest BCUT2D eigenvalue weighted by molar-refractivity contribution is -0.0745. The Hall–Kier alpha value is -1.04. The molecule has 2 unspecified atom stereocenters. The molecule has 2 rings (SSSR count). The van der Waals surface area contributed by atoms with Crippen LogP contribution in [0.15, 0.2) is 18.5 Å². The molecule has 1 aromatic heterocycles. The van der Waals surface area contributed by atoms with Gasteiger partial charge in [-0.25, -0.2) is 4.39 Å². The van der Waals surface area contributed by atoms with Crippen molar-refractivity contribution in [1.29, 1.82) is 0 Å². The van der Waals surface area contributed by atoms with E-state index in [1.807, 2.05) is 6.92 Å². The topological polar surface area (TPSA) is 51.4 Å². The van der Waals surface area contributed by atoms with Gasteiger partial charge in [0, 0.05) is 32.4 Å². The van der Waals surface area contributed by atoms with Gasteiger partial charge < -0.3 is 10.5 Å². The number of nitrogens with two attached hydrogens (primary N) is 1. The number of hydrogen-bond donors (Lipinski definition) is 1. The summed E-state index contributed by atoms with van der Waals surface area (Å²) in [6.45, 7) is 4.86. The predicted molar refractivity (Wildman–Crippen MR) is 62.9 cm³/mol. The number of nitrogens with zero attached hydrogens (tertiary/aromatic N) is 2. The van der Waals surface area contributed by atoms with Gasteiger partial charge in [-0.3, -0.25) is 9.88 Å². The maximum absolute atomic E-state index is 13.0. The van der Waals surface area contributed by atoms with Crippen LogP contribution in [0.25, 0.3) is 0 Å². The van der Waals surface area contributed by atoms with Crippen LogP contribution in [0, 0.1) is 5.82 Å². The number of pyridine rings is 1. The molecule has 0 aromatic carbocycles. The molecule has 1 fully saturated rings. The van der Waals surface area contributed by atoms with Crippen molar-refractivity contribution in [3.8, 4) is 0 Å². The molecule has 0 spiro atoms. The normalized spacial score (nSPS) is 26.1. The highest BCUT2D eigenvalue weighted by molar-refractivity contribution is 5.10. The minimum Gasteiger partial charge on any atom is -0.371 e. The highest BCUT2D eigenvalue weighted by Crippen LogP contribution is 2.13. The Kier molecular flexibility index (Phi) is 4.04. The van der Waals surface area contributed by atoms with Crippen LogP contribution < -0.4 is 5.73 Å². The fourth-order valence-electron chi connectivity index (χ4n) is 2.20. The first-order valence-electron chi connectivity index (χ1n) is 5.84. The van der Waals surface area contributed by atoms with Gasteiger partial charge >= 0.3 is 0 Å². The van der Waals surface area contributed by atoms with Crippen molar-refractivity contribution < 1.29 is 9.13 Å². The molecular formula is C12H18FN3O. The third-order valence-corrected chi connectivity index (χ3v) is 2.83. The first kappa shape index (κ1) is 12.4. The molecule has 0 bridgehead atoms. The number of rotatable bonds is 3. The van der Waals surface area contributed by atoms with Gasteiger partial charge in [0.25, 0.3) is 0 Å². The molecular weight excluding hydrogens is 221 g/mol. The van der Waals surface area contributed by atoms with E-state index in [0.29, 0.717) is 13.1 Å². The number of halogens is 1. The molecule has 0 aliphatic carbocycles. The molecule has 5 heteroatoms. The summed E-state index contributed by atoms with van der Waals surface area (Å²) < 4.78 is 18.7. The maximum Gasteiger partial charge on any atom is 0.141 e. The number of hydrogen-bond acceptors (Lipinski definition) is 4. The standard InChI is InChI=1S/C12H18FN3O/c1-9-6-16(8-12(3-14)17-9)7-10-2-11(13)5-15-4-10/h2,4-5,9,12H,3,6-8,14H2,1H3. The van der Waals surface area contributed by atoms with E-state index in [0.717, 1.165) is 18.7 Å². The lowest BCUT2D eigenvalue weighted by atomic mass is 10.2. The molecule has 0 amide bonds. The minimum absolute atomic E-state index is 0.0697. The Morgan fingerprint density at radius 3 is 3.06 bits per heavy atom. The second kappa shape index (κ2) is 5.53. The fraction of sp³-hybridized carbons (Fsp3) is 0.583. The molecule has 0 radical (unpaired) electrons. The van der Waals surface area contributed by atoms with Gasteiger partial charge in [0.2, 0.25) is 0 Å². The second-order valence-corrected chi connectivity index (χ2v) is 4.51. The van der Waals surface area contributed by atoms with Gasteiger partial charge in [-0.05, 0) is 18.6 Å². The van der Waals surface area contributed by atoms with Gasteiger partial charge in [-0.2, -0.15) is 0 Å². The molecule has 17 heavy (non-hydrogen) atoms. The lowest BCUT2D eigenvalue weighted by Crippen LogP contribution is -2.48. The van der Waals surface area contributed by atoms with Crippen LogP contribution >= 0.6 is 0 Å². The summed E-state index contributed by atoms with van der Waals surface area (Å²) in [5, 5.41) is 0. The summed E-state index contributed by atoms with van der Waals surface area (Å²) in [6.07, 6.45) is 3.15. The van der Waals surface area contributed by atoms with Gasteiger partial charge in [0.1, 0.15) is 5.82 Å². The predicted octanol–water partition coefficient (Wildman–Crippen LogP) is 0.769. The van der Waals surface area contributed by atoms with Crippen molar-refractivity contribution in [3.63, 3.8) is 0 Å². The van der Waals surface area contributed by atoms with Crippen LogP contribution in [0.5, 0.6) is 0 Å². The molecule has 1 aliphatic heterocycles. The van der Waals surface area contributed by atoms with Gasteiger partial charge in [0.15, 0.2) is 0 Å². The summed E-state index contributed by atoms with van der Waals surface area (Å²) in [7, 11) is 0. The van der Waals surface area contributed by atoms with Crippen molar-refractivity contribution >= 4 is 0 Å². The highest BCUT2D eigenvalue weighted by atomic mass is 19.1. The van der Waals surface area contributed by atoms with Crippen LogP contribution in [0.2, 0.25) is 0 Å². The molecule has 2 N–H and O–H groups in total. The van der Waals surface area contributed by atoms with E-state index >= 15 is 0 Å². The second-order valence-electron chi connectivity index (χ2n) is 4.51. The van der Waals surface area contributed by atoms with Gasteiger partial charge in [-0.1, -0.05) is 0 Å². The summed E-state index contributed by atoms with van der Waals surface area (Å²) in [6, 6.07) is 1.52. The highest BCUT2D eigenvalue weighted by Gasteiger charge is 2.24. The largest absolute Gasteiger partial charge is 0.371 e. The van der Waals surface area contributed by atoms with Gasteiger partial charge in [-0.15, -0.1) is 0 Å². The smallest absolute Gasteiger partial charge is 0.141 e. The molecule has 4 nitrogen and oxygen atoms in total. The Morgan fingerprint density at radius 2 is 2.35 bits per heavy atom. The van der Waals surface area contributed by atoms with E-state index < -0.39 is 0 Å². The lowest BCUT2D eigenvalue weighted by Gasteiger charge is -2.36. The average Bonchev–Trinajstić information content (AvgIpc) is 2.28. The van der Waals surface area contributed by atoms with Crippen molar-refractivity contribution in [2.45, 2.75) is 25.7 Å². The first-order chi connectivity index (χ1) is 8.17. The van der Waals surface area contributed by atoms with E-state index in [4.69, 9.17) is 10.5 Å². The zero-order valence-corrected chi connectivity index (χ0v) is 9.97. The molecule has 1 aromatic rings. The van der Waals surface area contributed by atoms with Crippen LogP contribution in [-0.2, 0) is 11.3 Å². The van der Waals surface area contributed by atoms with Crippen molar-refractivity contribution in [2.75, 3.05) is 19.6 Å². The third-order valence-electron chi connectivity index (χ3n) is 2.83. The molecule has 94 valence electrons. The Labute approximate surface area is 101 Å². The number of aromatic nitrogens is 1. The average molecular weight is 239 g/mol. The van der Waals surface area contributed by atoms with Crippen molar-refractivity contribution in [1.82, 2.24) is 9.88 Å². The minimum atomic E-state index is -0.292. The summed E-state index contributed by atoms with van der Waals surface area (Å²) >= 11 is 0. The maximum atomic E-state index is 13.0. The van der Waals surface area contributed by atoms with E-state index in [1.165, 1.54) is 12.3 Å². The molecule has 1 aliphatic rings. The fourth-order valence-corrected chi connectivity index (χ4v) is 2.20. The van der Waals surface area contributed by atoms with Crippen LogP contribution in [-0.4, -0.2) is 41.7 Å². The Morgan fingerprint density at radius 1 is 1.53 bits per heavy atom. The van der Waals surface area contributed by atoms with Crippen molar-refractivity contribution in [3.05, 3.63) is 29.8 Å². The molecule has 1 saturated heterocycles. The zero-order valence-electron chi connectivity index (χ0n) is 9.97. The van der Waals surface area contributed by atoms with Gasteiger partial charge in [0.05, 0.1) is 18.4 Å². The quantitative estimate of drug-likeness (QED) is 0.846. The Bertz CT molecular complexity index is 375. The SMILES string of the molecule is CC1CN(Cc2cncc(F)c2)CC(CN)O1. The van der Waals surface area contributed by atoms with Crippen molar-refractivity contribution in [2.24, 2.45) is 5.73 Å². The molecule has 0 saturated carbocycles. The number of ether oxygens (including phenoxy) is 1. The van der Waals surface area contributed by atoms with Crippen LogP contribution in [0.3, 0.4) is 0 Å². The summed E-state index contributed by atoms with van der Waals surface area (Å²) in [5.74, 6) is -0.292. The van der Waals surface area contributed by atoms with Crippen LogP contribution in [0.4, 0.5) is 4.39 Å².